The molecule has 130 valence electrons. The van der Waals surface area contributed by atoms with E-state index >= 15 is 0 Å². The van der Waals surface area contributed by atoms with Gasteiger partial charge in [0.25, 0.3) is 0 Å². The highest BCUT2D eigenvalue weighted by Crippen LogP contribution is 2.57. The summed E-state index contributed by atoms with van der Waals surface area (Å²) in [5.41, 5.74) is 4.14. The van der Waals surface area contributed by atoms with Crippen molar-refractivity contribution in [2.75, 3.05) is 7.11 Å². The lowest BCUT2D eigenvalue weighted by Gasteiger charge is -2.07. The number of rotatable bonds is 4. The van der Waals surface area contributed by atoms with Crippen LogP contribution in [0.4, 0.5) is 0 Å². The van der Waals surface area contributed by atoms with E-state index in [9.17, 15) is 9.90 Å². The molecule has 0 spiro atoms. The van der Waals surface area contributed by atoms with E-state index in [0.717, 1.165) is 41.0 Å². The summed E-state index contributed by atoms with van der Waals surface area (Å²) in [6.07, 6.45) is 3.75. The highest BCUT2D eigenvalue weighted by molar-refractivity contribution is 5.88. The lowest BCUT2D eigenvalue weighted by Crippen LogP contribution is -2.05. The third-order valence-electron chi connectivity index (χ3n) is 5.35. The highest BCUT2D eigenvalue weighted by Gasteiger charge is 2.50. The van der Waals surface area contributed by atoms with Crippen LogP contribution in [0, 0.1) is 5.92 Å². The van der Waals surface area contributed by atoms with E-state index in [4.69, 9.17) is 4.74 Å². The minimum absolute atomic E-state index is 0.174. The largest absolute Gasteiger partial charge is 0.497 e. The Morgan fingerprint density at radius 2 is 1.96 bits per heavy atom. The first kappa shape index (κ1) is 15.1. The summed E-state index contributed by atoms with van der Waals surface area (Å²) in [6.45, 7) is 0. The van der Waals surface area contributed by atoms with Crippen molar-refractivity contribution < 1.29 is 14.6 Å². The van der Waals surface area contributed by atoms with Gasteiger partial charge in [0, 0.05) is 23.2 Å². The molecule has 1 fully saturated rings. The molecule has 0 amide bonds. The van der Waals surface area contributed by atoms with Crippen molar-refractivity contribution in [3.8, 4) is 22.7 Å². The van der Waals surface area contributed by atoms with Gasteiger partial charge < -0.3 is 9.84 Å². The van der Waals surface area contributed by atoms with Gasteiger partial charge in [-0.05, 0) is 48.6 Å². The van der Waals surface area contributed by atoms with Gasteiger partial charge in [0.2, 0.25) is 0 Å². The van der Waals surface area contributed by atoms with Crippen molar-refractivity contribution >= 4 is 5.97 Å². The molecule has 3 aromatic rings. The molecule has 2 atom stereocenters. The van der Waals surface area contributed by atoms with E-state index in [0.29, 0.717) is 17.7 Å². The van der Waals surface area contributed by atoms with Crippen molar-refractivity contribution in [3.05, 3.63) is 59.5 Å². The monoisotopic (exact) mass is 347 g/mol. The number of ether oxygens (including phenoxy) is 1. The lowest BCUT2D eigenvalue weighted by molar-refractivity contribution is 0.0688. The number of methoxy groups -OCH3 is 1. The van der Waals surface area contributed by atoms with Crippen LogP contribution in [0.5, 0.6) is 5.75 Å². The van der Waals surface area contributed by atoms with Crippen molar-refractivity contribution in [1.29, 1.82) is 0 Å². The molecule has 5 rings (SSSR count). The number of benzene rings is 1. The molecule has 1 aromatic carbocycles. The molecule has 6 nitrogen and oxygen atoms in total. The zero-order valence-electron chi connectivity index (χ0n) is 14.2. The Morgan fingerprint density at radius 3 is 2.62 bits per heavy atom. The van der Waals surface area contributed by atoms with Gasteiger partial charge in [0.1, 0.15) is 5.75 Å². The number of carboxylic acid groups (broad SMARTS) is 1. The van der Waals surface area contributed by atoms with Crippen LogP contribution >= 0.6 is 0 Å². The second-order valence-corrected chi connectivity index (χ2v) is 6.87. The molecule has 2 aromatic heterocycles. The van der Waals surface area contributed by atoms with Gasteiger partial charge in [-0.2, -0.15) is 5.10 Å². The van der Waals surface area contributed by atoms with E-state index in [-0.39, 0.29) is 5.69 Å². The van der Waals surface area contributed by atoms with Crippen LogP contribution in [0.25, 0.3) is 16.9 Å². The number of carbonyl (C=O) groups is 1. The number of nitrogens with zero attached hydrogens (tertiary/aromatic N) is 3. The minimum Gasteiger partial charge on any atom is -0.497 e. The summed E-state index contributed by atoms with van der Waals surface area (Å²) in [5.74, 6) is 1.54. The molecule has 2 heterocycles. The maximum absolute atomic E-state index is 11.5. The van der Waals surface area contributed by atoms with Crippen LogP contribution < -0.4 is 4.74 Å². The van der Waals surface area contributed by atoms with Crippen molar-refractivity contribution in [3.63, 3.8) is 0 Å². The van der Waals surface area contributed by atoms with Crippen LogP contribution in [0.2, 0.25) is 0 Å². The van der Waals surface area contributed by atoms with Gasteiger partial charge in [0.15, 0.2) is 11.5 Å². The van der Waals surface area contributed by atoms with Gasteiger partial charge in [-0.15, -0.1) is 0 Å². The second-order valence-electron chi connectivity index (χ2n) is 6.87. The Hall–Kier alpha value is -3.15. The first-order chi connectivity index (χ1) is 12.7. The van der Waals surface area contributed by atoms with Crippen LogP contribution in [-0.4, -0.2) is 33.0 Å². The minimum atomic E-state index is -0.962. The summed E-state index contributed by atoms with van der Waals surface area (Å²) in [6, 6.07) is 11.7. The first-order valence-electron chi connectivity index (χ1n) is 8.61. The van der Waals surface area contributed by atoms with Gasteiger partial charge in [-0.1, -0.05) is 12.1 Å². The van der Waals surface area contributed by atoms with Crippen molar-refractivity contribution in [1.82, 2.24) is 14.8 Å². The molecule has 1 N–H and O–H groups in total. The molecule has 6 heteroatoms. The van der Waals surface area contributed by atoms with Crippen LogP contribution in [0.15, 0.2) is 42.6 Å². The Morgan fingerprint density at radius 1 is 1.19 bits per heavy atom. The second kappa shape index (κ2) is 5.42. The Kier molecular flexibility index (Phi) is 3.16. The molecule has 0 bridgehead atoms. The molecule has 26 heavy (non-hydrogen) atoms. The fourth-order valence-electron chi connectivity index (χ4n) is 3.93. The smallest absolute Gasteiger partial charge is 0.356 e. The quantitative estimate of drug-likeness (QED) is 0.783. The van der Waals surface area contributed by atoms with E-state index in [1.165, 1.54) is 0 Å². The van der Waals surface area contributed by atoms with Crippen LogP contribution in [0.1, 0.15) is 34.1 Å². The first-order valence-corrected chi connectivity index (χ1v) is 8.61. The fraction of sp³-hybridized carbons (Fsp3) is 0.250. The SMILES string of the molecule is COc1ccc(-c2ccc(-n3nc(C(=O)O)c4c3[C@H]3C[C@H]3C4)nc2)cc1. The number of pyridine rings is 1. The van der Waals surface area contributed by atoms with E-state index in [1.807, 2.05) is 36.4 Å². The molecule has 1 saturated carbocycles. The molecule has 2 aliphatic carbocycles. The van der Waals surface area contributed by atoms with Crippen molar-refractivity contribution in [2.24, 2.45) is 5.92 Å². The summed E-state index contributed by atoms with van der Waals surface area (Å²) < 4.78 is 6.92. The molecule has 0 aliphatic heterocycles. The molecule has 0 unspecified atom stereocenters. The third-order valence-corrected chi connectivity index (χ3v) is 5.35. The molecule has 0 saturated heterocycles. The van der Waals surface area contributed by atoms with E-state index in [2.05, 4.69) is 10.1 Å². The fourth-order valence-corrected chi connectivity index (χ4v) is 3.93. The van der Waals surface area contributed by atoms with E-state index in [1.54, 1.807) is 18.0 Å². The van der Waals surface area contributed by atoms with Gasteiger partial charge in [0.05, 0.1) is 12.8 Å². The molecular weight excluding hydrogens is 330 g/mol. The zero-order chi connectivity index (χ0) is 17.8. The molecule has 0 radical (unpaired) electrons. The standard InChI is InChI=1S/C20H17N3O3/c1-26-14-5-2-11(3-6-14)12-4-7-17(21-10-12)23-19-15-8-13(15)9-16(19)18(22-23)20(24)25/h2-7,10,13,15H,8-9H2,1H3,(H,24,25)/t13-,15-/m0/s1. The number of fused-ring (bicyclic) bond motifs is 3. The van der Waals surface area contributed by atoms with E-state index < -0.39 is 5.97 Å². The predicted octanol–water partition coefficient (Wildman–Crippen LogP) is 3.30. The summed E-state index contributed by atoms with van der Waals surface area (Å²) in [5, 5.41) is 13.8. The number of aromatic carboxylic acids is 1. The lowest BCUT2D eigenvalue weighted by atomic mass is 10.1. The normalized spacial score (nSPS) is 19.7. The van der Waals surface area contributed by atoms with Crippen LogP contribution in [-0.2, 0) is 6.42 Å². The van der Waals surface area contributed by atoms with Gasteiger partial charge >= 0.3 is 5.97 Å². The predicted molar refractivity (Wildman–Crippen MR) is 94.9 cm³/mol. The maximum atomic E-state index is 11.5. The van der Waals surface area contributed by atoms with Crippen LogP contribution in [0.3, 0.4) is 0 Å². The number of aromatic nitrogens is 3. The highest BCUT2D eigenvalue weighted by atomic mass is 16.5. The third kappa shape index (κ3) is 2.22. The Labute approximate surface area is 150 Å². The average molecular weight is 347 g/mol. The summed E-state index contributed by atoms with van der Waals surface area (Å²) in [4.78, 5) is 16.1. The maximum Gasteiger partial charge on any atom is 0.356 e. The summed E-state index contributed by atoms with van der Waals surface area (Å²) >= 11 is 0. The zero-order valence-corrected chi connectivity index (χ0v) is 14.2. The number of carboxylic acids is 1. The average Bonchev–Trinajstić information content (AvgIpc) is 3.17. The Balaban J connectivity index is 1.52. The Bertz CT molecular complexity index is 1010. The molecular formula is C20H17N3O3. The molecule has 2 aliphatic rings. The number of hydrogen-bond donors (Lipinski definition) is 1. The van der Waals surface area contributed by atoms with Gasteiger partial charge in [-0.25, -0.2) is 14.5 Å². The van der Waals surface area contributed by atoms with Gasteiger partial charge in [-0.3, -0.25) is 0 Å². The summed E-state index contributed by atoms with van der Waals surface area (Å²) in [7, 11) is 1.64. The topological polar surface area (TPSA) is 77.2 Å². The van der Waals surface area contributed by atoms with Crippen molar-refractivity contribution in [2.45, 2.75) is 18.8 Å². The number of hydrogen-bond acceptors (Lipinski definition) is 4.